The minimum Gasteiger partial charge on any atom is -0.341 e. The predicted octanol–water partition coefficient (Wildman–Crippen LogP) is 6.48. The van der Waals surface area contributed by atoms with E-state index >= 15 is 0 Å². The summed E-state index contributed by atoms with van der Waals surface area (Å²) >= 11 is 9.35. The van der Waals surface area contributed by atoms with Gasteiger partial charge >= 0.3 is 6.18 Å². The SMILES string of the molecule is O=C(Nc1cc(Br)cc2c1C(c1c(F)cccc1Cl)NC2=O)c1cc(F)cc(C(F)(F)F)c1. The summed E-state index contributed by atoms with van der Waals surface area (Å²) in [6.45, 7) is 0. The van der Waals surface area contributed by atoms with Gasteiger partial charge in [0.05, 0.1) is 11.6 Å². The van der Waals surface area contributed by atoms with E-state index in [1.807, 2.05) is 0 Å². The zero-order valence-electron chi connectivity index (χ0n) is 16.2. The molecule has 0 spiro atoms. The summed E-state index contributed by atoms with van der Waals surface area (Å²) in [4.78, 5) is 25.3. The fourth-order valence-corrected chi connectivity index (χ4v) is 4.31. The van der Waals surface area contributed by atoms with Gasteiger partial charge in [-0.15, -0.1) is 0 Å². The lowest BCUT2D eigenvalue weighted by Gasteiger charge is -2.19. The molecule has 0 fully saturated rings. The highest BCUT2D eigenvalue weighted by Crippen LogP contribution is 2.41. The summed E-state index contributed by atoms with van der Waals surface area (Å²) in [6, 6.07) is 7.13. The number of fused-ring (bicyclic) bond motifs is 1. The smallest absolute Gasteiger partial charge is 0.341 e. The molecule has 1 aliphatic heterocycles. The van der Waals surface area contributed by atoms with Gasteiger partial charge in [0.15, 0.2) is 0 Å². The maximum Gasteiger partial charge on any atom is 0.416 e. The van der Waals surface area contributed by atoms with Crippen LogP contribution >= 0.6 is 27.5 Å². The molecule has 1 aliphatic rings. The lowest BCUT2D eigenvalue weighted by atomic mass is 9.96. The highest BCUT2D eigenvalue weighted by Gasteiger charge is 2.36. The van der Waals surface area contributed by atoms with E-state index in [1.165, 1.54) is 24.3 Å². The third kappa shape index (κ3) is 4.45. The van der Waals surface area contributed by atoms with E-state index in [4.69, 9.17) is 11.6 Å². The van der Waals surface area contributed by atoms with Gasteiger partial charge in [-0.25, -0.2) is 8.78 Å². The molecule has 1 atom stereocenters. The van der Waals surface area contributed by atoms with Crippen LogP contribution in [0.5, 0.6) is 0 Å². The molecule has 0 bridgehead atoms. The number of hydrogen-bond acceptors (Lipinski definition) is 2. The van der Waals surface area contributed by atoms with Gasteiger partial charge in [-0.1, -0.05) is 33.6 Å². The molecular weight excluding hydrogens is 535 g/mol. The summed E-state index contributed by atoms with van der Waals surface area (Å²) in [7, 11) is 0. The number of anilines is 1. The molecule has 4 rings (SSSR count). The highest BCUT2D eigenvalue weighted by atomic mass is 79.9. The normalized spacial score (nSPS) is 15.2. The van der Waals surface area contributed by atoms with Crippen molar-refractivity contribution < 1.29 is 31.5 Å². The molecule has 11 heteroatoms. The van der Waals surface area contributed by atoms with Gasteiger partial charge in [-0.05, 0) is 42.5 Å². The van der Waals surface area contributed by atoms with Crippen LogP contribution in [0.1, 0.15) is 43.4 Å². The maximum absolute atomic E-state index is 14.6. The number of rotatable bonds is 3. The van der Waals surface area contributed by atoms with Crippen LogP contribution in [0, 0.1) is 11.6 Å². The Morgan fingerprint density at radius 2 is 1.79 bits per heavy atom. The number of alkyl halides is 3. The largest absolute Gasteiger partial charge is 0.416 e. The van der Waals surface area contributed by atoms with Crippen LogP contribution in [0.15, 0.2) is 53.0 Å². The molecule has 170 valence electrons. The summed E-state index contributed by atoms with van der Waals surface area (Å²) in [5, 5.41) is 5.02. The van der Waals surface area contributed by atoms with Crippen LogP contribution in [0.25, 0.3) is 0 Å². The molecule has 3 aromatic carbocycles. The van der Waals surface area contributed by atoms with Crippen molar-refractivity contribution in [1.82, 2.24) is 5.32 Å². The number of hydrogen-bond donors (Lipinski definition) is 2. The van der Waals surface area contributed by atoms with Crippen molar-refractivity contribution in [3.8, 4) is 0 Å². The van der Waals surface area contributed by atoms with Crippen LogP contribution in [0.2, 0.25) is 5.02 Å². The van der Waals surface area contributed by atoms with Crippen molar-refractivity contribution >= 4 is 45.0 Å². The van der Waals surface area contributed by atoms with Crippen LogP contribution in [0.4, 0.5) is 27.6 Å². The van der Waals surface area contributed by atoms with Crippen molar-refractivity contribution in [2.24, 2.45) is 0 Å². The maximum atomic E-state index is 14.6. The Morgan fingerprint density at radius 3 is 2.45 bits per heavy atom. The first-order valence-corrected chi connectivity index (χ1v) is 10.4. The van der Waals surface area contributed by atoms with Crippen molar-refractivity contribution in [2.75, 3.05) is 5.32 Å². The summed E-state index contributed by atoms with van der Waals surface area (Å²) in [5.41, 5.74) is -1.71. The van der Waals surface area contributed by atoms with Gasteiger partial charge in [-0.2, -0.15) is 13.2 Å². The van der Waals surface area contributed by atoms with Gasteiger partial charge in [0, 0.05) is 37.4 Å². The Balaban J connectivity index is 1.80. The Bertz CT molecular complexity index is 1290. The van der Waals surface area contributed by atoms with E-state index in [2.05, 4.69) is 26.6 Å². The Labute approximate surface area is 196 Å². The molecule has 0 radical (unpaired) electrons. The van der Waals surface area contributed by atoms with Crippen LogP contribution in [-0.4, -0.2) is 11.8 Å². The zero-order valence-corrected chi connectivity index (χ0v) is 18.5. The molecule has 1 unspecified atom stereocenters. The van der Waals surface area contributed by atoms with Crippen LogP contribution < -0.4 is 10.6 Å². The molecule has 4 nitrogen and oxygen atoms in total. The molecule has 0 aliphatic carbocycles. The third-order valence-electron chi connectivity index (χ3n) is 4.98. The standard InChI is InChI=1S/C22H11BrClF5N2O2/c23-11-7-13-17(19(31-21(13)33)18-14(24)2-1-3-15(18)26)16(8-11)30-20(32)9-4-10(22(27,28)29)6-12(25)5-9/h1-8,19H,(H,30,32)(H,31,33). The first kappa shape index (κ1) is 23.2. The molecule has 0 saturated carbocycles. The minimum absolute atomic E-state index is 0.00450. The lowest BCUT2D eigenvalue weighted by Crippen LogP contribution is -2.22. The molecular formula is C22H11BrClF5N2O2. The molecule has 1 heterocycles. The van der Waals surface area contributed by atoms with Gasteiger partial charge in [0.2, 0.25) is 0 Å². The Morgan fingerprint density at radius 1 is 1.06 bits per heavy atom. The predicted molar refractivity (Wildman–Crippen MR) is 114 cm³/mol. The van der Waals surface area contributed by atoms with Crippen molar-refractivity contribution in [3.63, 3.8) is 0 Å². The molecule has 2 N–H and O–H groups in total. The highest BCUT2D eigenvalue weighted by molar-refractivity contribution is 9.10. The van der Waals surface area contributed by atoms with Gasteiger partial charge in [0.25, 0.3) is 11.8 Å². The van der Waals surface area contributed by atoms with E-state index in [0.717, 1.165) is 6.07 Å². The average molecular weight is 546 g/mol. The van der Waals surface area contributed by atoms with E-state index in [0.29, 0.717) is 16.6 Å². The molecule has 3 aromatic rings. The first-order valence-electron chi connectivity index (χ1n) is 9.23. The number of halogens is 7. The fraction of sp³-hybridized carbons (Fsp3) is 0.0909. The third-order valence-corrected chi connectivity index (χ3v) is 5.76. The molecule has 0 saturated heterocycles. The van der Waals surface area contributed by atoms with Crippen molar-refractivity contribution in [1.29, 1.82) is 0 Å². The van der Waals surface area contributed by atoms with E-state index in [9.17, 15) is 31.5 Å². The van der Waals surface area contributed by atoms with Crippen molar-refractivity contribution in [2.45, 2.75) is 12.2 Å². The second-order valence-corrected chi connectivity index (χ2v) is 8.46. The van der Waals surface area contributed by atoms with Gasteiger partial charge in [-0.3, -0.25) is 9.59 Å². The van der Waals surface area contributed by atoms with Crippen LogP contribution in [0.3, 0.4) is 0 Å². The molecule has 2 amide bonds. The lowest BCUT2D eigenvalue weighted by molar-refractivity contribution is -0.137. The van der Waals surface area contributed by atoms with Crippen molar-refractivity contribution in [3.05, 3.63) is 97.5 Å². The number of carbonyl (C=O) groups is 2. The van der Waals surface area contributed by atoms with E-state index < -0.39 is 46.8 Å². The Hall–Kier alpha value is -2.98. The second-order valence-electron chi connectivity index (χ2n) is 7.14. The quantitative estimate of drug-likeness (QED) is 0.370. The number of benzene rings is 3. The summed E-state index contributed by atoms with van der Waals surface area (Å²) < 4.78 is 67.8. The first-order chi connectivity index (χ1) is 15.5. The molecule has 0 aromatic heterocycles. The number of amides is 2. The Kier molecular flexibility index (Phi) is 5.92. The van der Waals surface area contributed by atoms with Gasteiger partial charge < -0.3 is 10.6 Å². The average Bonchev–Trinajstić information content (AvgIpc) is 3.03. The summed E-state index contributed by atoms with van der Waals surface area (Å²) in [5.74, 6) is -3.59. The number of carbonyl (C=O) groups excluding carboxylic acids is 2. The fourth-order valence-electron chi connectivity index (χ4n) is 3.58. The zero-order chi connectivity index (χ0) is 24.1. The van der Waals surface area contributed by atoms with Gasteiger partial charge in [0.1, 0.15) is 11.6 Å². The monoisotopic (exact) mass is 544 g/mol. The summed E-state index contributed by atoms with van der Waals surface area (Å²) in [6.07, 6.45) is -4.86. The topological polar surface area (TPSA) is 58.2 Å². The van der Waals surface area contributed by atoms with E-state index in [1.54, 1.807) is 0 Å². The molecule has 33 heavy (non-hydrogen) atoms. The number of nitrogens with one attached hydrogen (secondary N) is 2. The van der Waals surface area contributed by atoms with Crippen LogP contribution in [-0.2, 0) is 6.18 Å². The van der Waals surface area contributed by atoms with E-state index in [-0.39, 0.29) is 33.5 Å². The minimum atomic E-state index is -4.86. The second kappa shape index (κ2) is 8.42.